The minimum atomic E-state index is -3.66. The van der Waals surface area contributed by atoms with E-state index in [2.05, 4.69) is 21.1 Å². The number of aliphatic hydroxyl groups excluding tert-OH is 1. The van der Waals surface area contributed by atoms with Gasteiger partial charge in [-0.05, 0) is 24.6 Å². The fourth-order valence-electron chi connectivity index (χ4n) is 2.41. The van der Waals surface area contributed by atoms with Crippen molar-refractivity contribution in [1.82, 2.24) is 5.48 Å². The highest BCUT2D eigenvalue weighted by Crippen LogP contribution is 2.31. The second kappa shape index (κ2) is 6.86. The smallest absolute Gasteiger partial charge is 0.156 e. The van der Waals surface area contributed by atoms with E-state index in [1.807, 2.05) is 24.3 Å². The normalized spacial score (nSPS) is 22.1. The van der Waals surface area contributed by atoms with Crippen molar-refractivity contribution < 1.29 is 23.6 Å². The van der Waals surface area contributed by atoms with Crippen LogP contribution < -0.4 is 5.48 Å². The molecule has 0 bridgehead atoms. The summed E-state index contributed by atoms with van der Waals surface area (Å²) in [5.74, 6) is 0. The number of hydroxylamine groups is 1. The minimum Gasteiger partial charge on any atom is -0.392 e. The van der Waals surface area contributed by atoms with Crippen LogP contribution in [0.15, 0.2) is 33.9 Å². The number of hydrogen-bond donors (Lipinski definition) is 3. The first kappa shape index (κ1) is 18.3. The molecule has 3 N–H and O–H groups in total. The van der Waals surface area contributed by atoms with E-state index in [9.17, 15) is 13.5 Å². The van der Waals surface area contributed by atoms with Crippen molar-refractivity contribution in [3.05, 3.63) is 34.3 Å². The molecule has 0 saturated carbocycles. The van der Waals surface area contributed by atoms with E-state index in [4.69, 9.17) is 10.0 Å². The zero-order chi connectivity index (χ0) is 17.3. The summed E-state index contributed by atoms with van der Waals surface area (Å²) in [7, 11) is -3.66. The van der Waals surface area contributed by atoms with Crippen LogP contribution in [0.2, 0.25) is 0 Å². The van der Waals surface area contributed by atoms with Gasteiger partial charge in [0, 0.05) is 23.6 Å². The number of aliphatic hydroxyl groups is 1. The summed E-state index contributed by atoms with van der Waals surface area (Å²) in [6, 6.07) is 7.53. The molecule has 2 rings (SSSR count). The molecule has 0 amide bonds. The van der Waals surface area contributed by atoms with Gasteiger partial charge in [-0.25, -0.2) is 8.42 Å². The highest BCUT2D eigenvalue weighted by atomic mass is 79.9. The van der Waals surface area contributed by atoms with E-state index in [-0.39, 0.29) is 6.42 Å². The summed E-state index contributed by atoms with van der Waals surface area (Å²) in [4.78, 5) is 5.33. The van der Waals surface area contributed by atoms with E-state index in [0.29, 0.717) is 12.1 Å². The van der Waals surface area contributed by atoms with Crippen molar-refractivity contribution in [2.75, 3.05) is 6.26 Å². The molecular formula is C14H19BrN2O5S. The Balaban J connectivity index is 2.12. The fraction of sp³-hybridized carbons (Fsp3) is 0.500. The molecule has 0 spiro atoms. The quantitative estimate of drug-likeness (QED) is 0.487. The molecule has 128 valence electrons. The number of halogens is 1. The SMILES string of the molecule is CC(CC1CC(c2ccc(Br)cc2)=NO1)(C(O)NO)S(C)(=O)=O. The standard InChI is InChI=1S/C14H19BrN2O5S/c1-14(13(18)16-19,23(2,20)21)8-11-7-12(17-22-11)9-3-5-10(15)6-4-9/h3-6,11,13,16,18-19H,7-8H2,1-2H3. The second-order valence-electron chi connectivity index (χ2n) is 5.80. The molecule has 7 nitrogen and oxygen atoms in total. The molecule has 1 heterocycles. The topological polar surface area (TPSA) is 108 Å². The molecule has 0 aliphatic carbocycles. The van der Waals surface area contributed by atoms with Crippen LogP contribution in [0.5, 0.6) is 0 Å². The van der Waals surface area contributed by atoms with Gasteiger partial charge in [0.25, 0.3) is 0 Å². The van der Waals surface area contributed by atoms with Crippen LogP contribution >= 0.6 is 15.9 Å². The maximum atomic E-state index is 12.0. The molecule has 1 aliphatic rings. The van der Waals surface area contributed by atoms with E-state index >= 15 is 0 Å². The Morgan fingerprint density at radius 2 is 2.09 bits per heavy atom. The summed E-state index contributed by atoms with van der Waals surface area (Å²) < 4.78 is 23.4. The van der Waals surface area contributed by atoms with E-state index in [1.54, 1.807) is 5.48 Å². The van der Waals surface area contributed by atoms with Crippen LogP contribution in [0.4, 0.5) is 0 Å². The van der Waals surface area contributed by atoms with E-state index < -0.39 is 26.9 Å². The van der Waals surface area contributed by atoms with Crippen LogP contribution in [0, 0.1) is 0 Å². The Hall–Kier alpha value is -1.00. The molecule has 3 unspecified atom stereocenters. The average molecular weight is 407 g/mol. The maximum Gasteiger partial charge on any atom is 0.156 e. The first-order valence-electron chi connectivity index (χ1n) is 6.93. The number of sulfone groups is 1. The van der Waals surface area contributed by atoms with Crippen LogP contribution in [-0.2, 0) is 14.7 Å². The number of rotatable bonds is 6. The second-order valence-corrected chi connectivity index (χ2v) is 9.19. The predicted octanol–water partition coefficient (Wildman–Crippen LogP) is 1.43. The summed E-state index contributed by atoms with van der Waals surface area (Å²) in [6.45, 7) is 1.36. The molecule has 3 atom stereocenters. The molecule has 9 heteroatoms. The van der Waals surface area contributed by atoms with E-state index in [1.165, 1.54) is 6.92 Å². The summed E-state index contributed by atoms with van der Waals surface area (Å²) in [6.07, 6.45) is -0.706. The van der Waals surface area contributed by atoms with Crippen LogP contribution in [0.25, 0.3) is 0 Å². The van der Waals surface area contributed by atoms with Crippen molar-refractivity contribution >= 4 is 31.5 Å². The van der Waals surface area contributed by atoms with Gasteiger partial charge >= 0.3 is 0 Å². The molecule has 0 fully saturated rings. The zero-order valence-electron chi connectivity index (χ0n) is 12.7. The third kappa shape index (κ3) is 3.92. The summed E-state index contributed by atoms with van der Waals surface area (Å²) >= 11 is 3.36. The fourth-order valence-corrected chi connectivity index (χ4v) is 3.62. The monoisotopic (exact) mass is 406 g/mol. The Kier molecular flexibility index (Phi) is 5.47. The summed E-state index contributed by atoms with van der Waals surface area (Å²) in [5, 5.41) is 22.8. The highest BCUT2D eigenvalue weighted by Gasteiger charge is 2.46. The maximum absolute atomic E-state index is 12.0. The van der Waals surface area contributed by atoms with Gasteiger partial charge in [-0.2, -0.15) is 5.48 Å². The average Bonchev–Trinajstić information content (AvgIpc) is 2.94. The van der Waals surface area contributed by atoms with Gasteiger partial charge in [0.05, 0.1) is 5.71 Å². The van der Waals surface area contributed by atoms with Crippen molar-refractivity contribution in [1.29, 1.82) is 0 Å². The number of nitrogens with one attached hydrogen (secondary N) is 1. The van der Waals surface area contributed by atoms with Gasteiger partial charge in [-0.3, -0.25) is 0 Å². The van der Waals surface area contributed by atoms with Gasteiger partial charge < -0.3 is 15.2 Å². The van der Waals surface area contributed by atoms with Gasteiger partial charge in [-0.1, -0.05) is 33.2 Å². The molecule has 0 aromatic heterocycles. The van der Waals surface area contributed by atoms with Gasteiger partial charge in [-0.15, -0.1) is 0 Å². The molecular weight excluding hydrogens is 388 g/mol. The minimum absolute atomic E-state index is 0.00983. The number of nitrogens with zero attached hydrogens (tertiary/aromatic N) is 1. The molecule has 0 radical (unpaired) electrons. The Labute approximate surface area is 143 Å². The van der Waals surface area contributed by atoms with Crippen molar-refractivity contribution in [2.24, 2.45) is 5.16 Å². The van der Waals surface area contributed by atoms with Crippen LogP contribution in [-0.4, -0.2) is 47.8 Å². The van der Waals surface area contributed by atoms with Crippen molar-refractivity contribution in [3.63, 3.8) is 0 Å². The lowest BCUT2D eigenvalue weighted by atomic mass is 9.96. The lowest BCUT2D eigenvalue weighted by Gasteiger charge is -2.32. The van der Waals surface area contributed by atoms with Crippen molar-refractivity contribution in [2.45, 2.75) is 36.8 Å². The molecule has 1 aromatic carbocycles. The molecule has 1 aliphatic heterocycles. The number of hydrogen-bond acceptors (Lipinski definition) is 7. The Morgan fingerprint density at radius 3 is 2.61 bits per heavy atom. The zero-order valence-corrected chi connectivity index (χ0v) is 15.1. The van der Waals surface area contributed by atoms with Gasteiger partial charge in [0.1, 0.15) is 17.1 Å². The molecule has 23 heavy (non-hydrogen) atoms. The highest BCUT2D eigenvalue weighted by molar-refractivity contribution is 9.10. The third-order valence-electron chi connectivity index (χ3n) is 4.09. The van der Waals surface area contributed by atoms with E-state index in [0.717, 1.165) is 16.3 Å². The molecule has 1 aromatic rings. The first-order valence-corrected chi connectivity index (χ1v) is 9.62. The Bertz CT molecular complexity index is 692. The van der Waals surface area contributed by atoms with Crippen LogP contribution in [0.1, 0.15) is 25.3 Å². The first-order chi connectivity index (χ1) is 10.7. The summed E-state index contributed by atoms with van der Waals surface area (Å²) in [5.41, 5.74) is 3.21. The van der Waals surface area contributed by atoms with Crippen LogP contribution in [0.3, 0.4) is 0 Å². The number of benzene rings is 1. The Morgan fingerprint density at radius 1 is 1.48 bits per heavy atom. The number of oxime groups is 1. The van der Waals surface area contributed by atoms with Gasteiger partial charge in [0.2, 0.25) is 0 Å². The predicted molar refractivity (Wildman–Crippen MR) is 89.0 cm³/mol. The lowest BCUT2D eigenvalue weighted by Crippen LogP contribution is -2.54. The van der Waals surface area contributed by atoms with Crippen molar-refractivity contribution in [3.8, 4) is 0 Å². The molecule has 0 saturated heterocycles. The van der Waals surface area contributed by atoms with Gasteiger partial charge in [0.15, 0.2) is 9.84 Å². The lowest BCUT2D eigenvalue weighted by molar-refractivity contribution is -0.0355. The third-order valence-corrected chi connectivity index (χ3v) is 6.70. The largest absolute Gasteiger partial charge is 0.392 e.